The molecule has 0 bridgehead atoms. The summed E-state index contributed by atoms with van der Waals surface area (Å²) in [4.78, 5) is 16.2. The van der Waals surface area contributed by atoms with Crippen LogP contribution in [-0.4, -0.2) is 28.6 Å². The van der Waals surface area contributed by atoms with Crippen molar-refractivity contribution in [2.24, 2.45) is 0 Å². The van der Waals surface area contributed by atoms with Crippen LogP contribution in [0, 0.1) is 0 Å². The molecular weight excluding hydrogens is 356 g/mol. The Labute approximate surface area is 163 Å². The van der Waals surface area contributed by atoms with Gasteiger partial charge in [0, 0.05) is 48.2 Å². The number of nitrogens with zero attached hydrogens (tertiary/aromatic N) is 2. The molecule has 3 heterocycles. The van der Waals surface area contributed by atoms with Gasteiger partial charge in [-0.05, 0) is 42.8 Å². The van der Waals surface area contributed by atoms with Gasteiger partial charge in [0.1, 0.15) is 5.00 Å². The average Bonchev–Trinajstić information content (AvgIpc) is 3.34. The summed E-state index contributed by atoms with van der Waals surface area (Å²) in [6.45, 7) is 5.89. The number of aromatic nitrogens is 1. The molecule has 0 radical (unpaired) electrons. The Morgan fingerprint density at radius 2 is 1.93 bits per heavy atom. The Morgan fingerprint density at radius 3 is 2.67 bits per heavy atom. The van der Waals surface area contributed by atoms with Crippen molar-refractivity contribution < 1.29 is 4.79 Å². The van der Waals surface area contributed by atoms with Crippen LogP contribution in [0.4, 0.5) is 10.5 Å². The first kappa shape index (κ1) is 17.8. The Hall–Kier alpha value is -2.57. The number of amides is 2. The van der Waals surface area contributed by atoms with Gasteiger partial charge >= 0.3 is 6.03 Å². The van der Waals surface area contributed by atoms with Crippen molar-refractivity contribution in [1.82, 2.24) is 14.8 Å². The topological polar surface area (TPSA) is 49.3 Å². The minimum absolute atomic E-state index is 0.175. The molecule has 1 aliphatic heterocycles. The zero-order valence-electron chi connectivity index (χ0n) is 15.4. The summed E-state index contributed by atoms with van der Waals surface area (Å²) < 4.78 is 2.16. The summed E-state index contributed by atoms with van der Waals surface area (Å²) in [7, 11) is 0. The molecule has 0 fully saturated rings. The number of carbonyl (C=O) groups excluding carboxylic acids is 1. The fraction of sp³-hybridized carbons (Fsp3) is 0.286. The molecule has 5 nitrogen and oxygen atoms in total. The minimum atomic E-state index is -0.175. The maximum Gasteiger partial charge on any atom is 0.319 e. The van der Waals surface area contributed by atoms with E-state index in [1.165, 1.54) is 21.0 Å². The summed E-state index contributed by atoms with van der Waals surface area (Å²) in [5, 5.41) is 7.15. The largest absolute Gasteiger partial charge is 0.334 e. The molecule has 27 heavy (non-hydrogen) atoms. The molecule has 1 aromatic carbocycles. The van der Waals surface area contributed by atoms with Crippen molar-refractivity contribution in [1.29, 1.82) is 0 Å². The molecule has 2 N–H and O–H groups in total. The van der Waals surface area contributed by atoms with Crippen molar-refractivity contribution in [2.45, 2.75) is 26.4 Å². The average molecular weight is 381 g/mol. The zero-order chi connectivity index (χ0) is 18.6. The second-order valence-corrected chi connectivity index (χ2v) is 7.75. The summed E-state index contributed by atoms with van der Waals surface area (Å²) in [5.74, 6) is 0. The van der Waals surface area contributed by atoms with Crippen LogP contribution in [0.5, 0.6) is 0 Å². The van der Waals surface area contributed by atoms with Gasteiger partial charge in [0.15, 0.2) is 0 Å². The van der Waals surface area contributed by atoms with E-state index in [0.717, 1.165) is 31.7 Å². The van der Waals surface area contributed by atoms with Gasteiger partial charge < -0.3 is 15.2 Å². The molecule has 4 rings (SSSR count). The number of fused-ring (bicyclic) bond motifs is 1. The lowest BCUT2D eigenvalue weighted by Gasteiger charge is -2.25. The summed E-state index contributed by atoms with van der Waals surface area (Å²) in [6.07, 6.45) is 5.18. The minimum Gasteiger partial charge on any atom is -0.334 e. The van der Waals surface area contributed by atoms with Crippen LogP contribution in [0.25, 0.3) is 5.00 Å². The van der Waals surface area contributed by atoms with E-state index in [0.29, 0.717) is 6.54 Å². The number of likely N-dealkylation sites (N-methyl/N-ethyl adjacent to an activating group) is 1. The number of hydrogen-bond acceptors (Lipinski definition) is 3. The monoisotopic (exact) mass is 380 g/mol. The highest BCUT2D eigenvalue weighted by Crippen LogP contribution is 2.35. The summed E-state index contributed by atoms with van der Waals surface area (Å²) in [5.41, 5.74) is 3.45. The number of benzene rings is 1. The zero-order valence-corrected chi connectivity index (χ0v) is 16.3. The third-order valence-electron chi connectivity index (χ3n) is 4.97. The van der Waals surface area contributed by atoms with E-state index < -0.39 is 0 Å². The van der Waals surface area contributed by atoms with E-state index in [1.807, 2.05) is 53.8 Å². The van der Waals surface area contributed by atoms with Crippen molar-refractivity contribution >= 4 is 23.1 Å². The number of anilines is 1. The number of rotatable bonds is 5. The smallest absolute Gasteiger partial charge is 0.319 e. The van der Waals surface area contributed by atoms with Gasteiger partial charge in [0.25, 0.3) is 0 Å². The van der Waals surface area contributed by atoms with E-state index in [1.54, 1.807) is 0 Å². The lowest BCUT2D eigenvalue weighted by molar-refractivity contribution is 0.251. The highest BCUT2D eigenvalue weighted by molar-refractivity contribution is 7.14. The van der Waals surface area contributed by atoms with Gasteiger partial charge in [-0.3, -0.25) is 4.90 Å². The van der Waals surface area contributed by atoms with Gasteiger partial charge in [0.2, 0.25) is 0 Å². The molecule has 0 spiro atoms. The number of carbonyl (C=O) groups is 1. The first-order chi connectivity index (χ1) is 13.2. The van der Waals surface area contributed by atoms with Crippen LogP contribution in [0.15, 0.2) is 54.9 Å². The number of thiophene rings is 1. The van der Waals surface area contributed by atoms with Crippen LogP contribution in [0.2, 0.25) is 0 Å². The van der Waals surface area contributed by atoms with E-state index in [-0.39, 0.29) is 6.03 Å². The maximum atomic E-state index is 12.3. The van der Waals surface area contributed by atoms with E-state index >= 15 is 0 Å². The first-order valence-electron chi connectivity index (χ1n) is 9.33. The molecule has 0 aliphatic carbocycles. The highest BCUT2D eigenvalue weighted by atomic mass is 32.1. The Bertz CT molecular complexity index is 902. The molecule has 0 saturated carbocycles. The van der Waals surface area contributed by atoms with Crippen LogP contribution in [-0.2, 0) is 19.5 Å². The lowest BCUT2D eigenvalue weighted by atomic mass is 10.0. The van der Waals surface area contributed by atoms with Gasteiger partial charge in [0.05, 0.1) is 0 Å². The Balaban J connectivity index is 1.54. The van der Waals surface area contributed by atoms with E-state index in [2.05, 4.69) is 39.4 Å². The van der Waals surface area contributed by atoms with Crippen LogP contribution < -0.4 is 10.6 Å². The number of para-hydroxylation sites is 1. The van der Waals surface area contributed by atoms with Gasteiger partial charge in [-0.25, -0.2) is 4.79 Å². The summed E-state index contributed by atoms with van der Waals surface area (Å²) in [6, 6.07) is 13.4. The first-order valence-corrected chi connectivity index (χ1v) is 10.1. The molecule has 6 heteroatoms. The molecule has 2 aromatic heterocycles. The third-order valence-corrected chi connectivity index (χ3v) is 6.24. The van der Waals surface area contributed by atoms with Crippen LogP contribution >= 0.6 is 11.3 Å². The normalized spacial score (nSPS) is 14.0. The standard InChI is InChI=1S/C21H24N4OS/c1-2-24-13-10-17-18(14-22-21(26)23-16-8-4-3-5-9-16)20(27-19(17)15-24)25-11-6-7-12-25/h3-9,11-12H,2,10,13-15H2,1H3,(H2,22,23,26). The SMILES string of the molecule is CCN1CCc2c(sc(-n3cccc3)c2CNC(=O)Nc2ccccc2)C1. The van der Waals surface area contributed by atoms with Gasteiger partial charge in [-0.15, -0.1) is 11.3 Å². The third kappa shape index (κ3) is 3.91. The number of nitrogens with one attached hydrogen (secondary N) is 2. The van der Waals surface area contributed by atoms with Crippen LogP contribution in [0.1, 0.15) is 22.9 Å². The second kappa shape index (κ2) is 7.98. The quantitative estimate of drug-likeness (QED) is 0.696. The van der Waals surface area contributed by atoms with Crippen LogP contribution in [0.3, 0.4) is 0 Å². The Morgan fingerprint density at radius 1 is 1.15 bits per heavy atom. The highest BCUT2D eigenvalue weighted by Gasteiger charge is 2.24. The van der Waals surface area contributed by atoms with Crippen molar-refractivity contribution in [2.75, 3.05) is 18.4 Å². The summed E-state index contributed by atoms with van der Waals surface area (Å²) >= 11 is 1.84. The van der Waals surface area contributed by atoms with Gasteiger partial charge in [-0.2, -0.15) is 0 Å². The lowest BCUT2D eigenvalue weighted by Crippen LogP contribution is -2.31. The molecule has 140 valence electrons. The van der Waals surface area contributed by atoms with E-state index in [9.17, 15) is 4.79 Å². The second-order valence-electron chi connectivity index (χ2n) is 6.67. The van der Waals surface area contributed by atoms with Crippen molar-refractivity contribution in [3.63, 3.8) is 0 Å². The van der Waals surface area contributed by atoms with E-state index in [4.69, 9.17) is 0 Å². The number of urea groups is 1. The molecule has 1 aliphatic rings. The fourth-order valence-electron chi connectivity index (χ4n) is 3.50. The van der Waals surface area contributed by atoms with Crippen molar-refractivity contribution in [3.05, 3.63) is 70.9 Å². The van der Waals surface area contributed by atoms with Gasteiger partial charge in [-0.1, -0.05) is 25.1 Å². The molecule has 3 aromatic rings. The molecule has 0 atom stereocenters. The predicted molar refractivity (Wildman–Crippen MR) is 111 cm³/mol. The molecule has 0 unspecified atom stereocenters. The fourth-order valence-corrected chi connectivity index (χ4v) is 4.88. The molecule has 0 saturated heterocycles. The molecule has 2 amide bonds. The van der Waals surface area contributed by atoms with Crippen molar-refractivity contribution in [3.8, 4) is 5.00 Å². The maximum absolute atomic E-state index is 12.3. The predicted octanol–water partition coefficient (Wildman–Crippen LogP) is 4.24. The Kier molecular flexibility index (Phi) is 5.27. The number of hydrogen-bond donors (Lipinski definition) is 2. The molecular formula is C21H24N4OS.